The van der Waals surface area contributed by atoms with Gasteiger partial charge in [-0.2, -0.15) is 0 Å². The van der Waals surface area contributed by atoms with Crippen molar-refractivity contribution in [3.8, 4) is 5.75 Å². The number of benzene rings is 2. The van der Waals surface area contributed by atoms with Crippen molar-refractivity contribution in [2.45, 2.75) is 13.0 Å². The minimum atomic E-state index is -0.420. The molecule has 0 aliphatic rings. The number of hydrogen-bond donors (Lipinski definition) is 2. The molecule has 4 nitrogen and oxygen atoms in total. The Morgan fingerprint density at radius 2 is 1.88 bits per heavy atom. The van der Waals surface area contributed by atoms with E-state index >= 15 is 0 Å². The van der Waals surface area contributed by atoms with Gasteiger partial charge in [0.05, 0.1) is 6.04 Å². The van der Waals surface area contributed by atoms with Gasteiger partial charge in [0.15, 0.2) is 0 Å². The lowest BCUT2D eigenvalue weighted by Crippen LogP contribution is -2.26. The van der Waals surface area contributed by atoms with Gasteiger partial charge >= 0.3 is 0 Å². The third-order valence-corrected chi connectivity index (χ3v) is 3.48. The Labute approximate surface area is 141 Å². The van der Waals surface area contributed by atoms with Crippen LogP contribution in [0.5, 0.6) is 5.75 Å². The predicted molar refractivity (Wildman–Crippen MR) is 92.5 cm³/mol. The van der Waals surface area contributed by atoms with Gasteiger partial charge in [0.1, 0.15) is 18.2 Å². The van der Waals surface area contributed by atoms with Crippen LogP contribution in [0.4, 0.5) is 4.39 Å². The normalized spacial score (nSPS) is 12.5. The third kappa shape index (κ3) is 5.21. The summed E-state index contributed by atoms with van der Waals surface area (Å²) in [5.74, 6) is -0.105. The van der Waals surface area contributed by atoms with Crippen molar-refractivity contribution in [1.82, 2.24) is 5.32 Å². The fraction of sp³-hybridized carbons (Fsp3) is 0.211. The van der Waals surface area contributed by atoms with E-state index in [4.69, 9.17) is 10.5 Å². The number of nitrogens with one attached hydrogen (secondary N) is 1. The number of carbonyl (C=O) groups excluding carboxylic acids is 1. The zero-order valence-electron chi connectivity index (χ0n) is 13.5. The lowest BCUT2D eigenvalue weighted by Gasteiger charge is -2.14. The first-order chi connectivity index (χ1) is 11.6. The van der Waals surface area contributed by atoms with Crippen LogP contribution in [-0.2, 0) is 0 Å². The van der Waals surface area contributed by atoms with Crippen LogP contribution < -0.4 is 15.8 Å². The van der Waals surface area contributed by atoms with Crippen LogP contribution in [-0.4, -0.2) is 19.1 Å². The summed E-state index contributed by atoms with van der Waals surface area (Å²) in [6.07, 6.45) is 1.26. The molecule has 0 saturated heterocycles. The molecule has 2 rings (SSSR count). The van der Waals surface area contributed by atoms with E-state index in [2.05, 4.69) is 5.32 Å². The van der Waals surface area contributed by atoms with E-state index in [1.807, 2.05) is 37.3 Å². The second kappa shape index (κ2) is 8.84. The average molecular weight is 328 g/mol. The summed E-state index contributed by atoms with van der Waals surface area (Å²) >= 11 is 0. The van der Waals surface area contributed by atoms with Crippen LogP contribution in [0.3, 0.4) is 0 Å². The van der Waals surface area contributed by atoms with Gasteiger partial charge in [-0.05, 0) is 42.8 Å². The van der Waals surface area contributed by atoms with E-state index in [9.17, 15) is 9.18 Å². The number of rotatable bonds is 7. The van der Waals surface area contributed by atoms with Crippen LogP contribution in [0, 0.1) is 0 Å². The second-order valence-electron chi connectivity index (χ2n) is 5.31. The minimum Gasteiger partial charge on any atom is -0.487 e. The Morgan fingerprint density at radius 1 is 1.21 bits per heavy atom. The number of halogens is 1. The molecule has 0 bridgehead atoms. The molecule has 0 aromatic heterocycles. The first kappa shape index (κ1) is 17.7. The maximum Gasteiger partial charge on any atom is 0.251 e. The average Bonchev–Trinajstić information content (AvgIpc) is 2.61. The van der Waals surface area contributed by atoms with E-state index in [-0.39, 0.29) is 25.1 Å². The van der Waals surface area contributed by atoms with Crippen LogP contribution in [0.1, 0.15) is 28.9 Å². The number of ether oxygens (including phenoxy) is 1. The van der Waals surface area contributed by atoms with Crippen LogP contribution in [0.2, 0.25) is 0 Å². The zero-order valence-corrected chi connectivity index (χ0v) is 13.5. The molecular weight excluding hydrogens is 307 g/mol. The van der Waals surface area contributed by atoms with Crippen molar-refractivity contribution in [2.75, 3.05) is 13.2 Å². The van der Waals surface area contributed by atoms with Gasteiger partial charge in [-0.1, -0.05) is 30.3 Å². The Kier molecular flexibility index (Phi) is 6.51. The molecule has 0 spiro atoms. The van der Waals surface area contributed by atoms with Crippen molar-refractivity contribution in [3.63, 3.8) is 0 Å². The second-order valence-corrected chi connectivity index (χ2v) is 5.31. The maximum absolute atomic E-state index is 13.2. The molecule has 0 radical (unpaired) electrons. The van der Waals surface area contributed by atoms with Gasteiger partial charge in [0, 0.05) is 12.1 Å². The Morgan fingerprint density at radius 3 is 2.50 bits per heavy atom. The zero-order chi connectivity index (χ0) is 17.4. The molecule has 0 unspecified atom stereocenters. The summed E-state index contributed by atoms with van der Waals surface area (Å²) in [4.78, 5) is 12.3. The van der Waals surface area contributed by atoms with Crippen molar-refractivity contribution in [1.29, 1.82) is 0 Å². The molecule has 2 aromatic carbocycles. The van der Waals surface area contributed by atoms with Crippen LogP contribution in [0.25, 0.3) is 0 Å². The summed E-state index contributed by atoms with van der Waals surface area (Å²) in [5, 5.41) is 2.94. The van der Waals surface area contributed by atoms with E-state index in [1.165, 1.54) is 6.08 Å². The van der Waals surface area contributed by atoms with E-state index < -0.39 is 5.83 Å². The minimum absolute atomic E-state index is 0.0925. The smallest absolute Gasteiger partial charge is 0.251 e. The fourth-order valence-corrected chi connectivity index (χ4v) is 2.15. The van der Waals surface area contributed by atoms with Crippen molar-refractivity contribution < 1.29 is 13.9 Å². The largest absolute Gasteiger partial charge is 0.487 e. The predicted octanol–water partition coefficient (Wildman–Crippen LogP) is 3.37. The highest BCUT2D eigenvalue weighted by Crippen LogP contribution is 2.16. The highest BCUT2D eigenvalue weighted by atomic mass is 19.1. The number of nitrogens with two attached hydrogens (primary N) is 1. The molecule has 24 heavy (non-hydrogen) atoms. The molecule has 0 aliphatic carbocycles. The molecule has 126 valence electrons. The van der Waals surface area contributed by atoms with Gasteiger partial charge < -0.3 is 15.8 Å². The quantitative estimate of drug-likeness (QED) is 0.819. The number of amides is 1. The highest BCUT2D eigenvalue weighted by Gasteiger charge is 2.11. The summed E-state index contributed by atoms with van der Waals surface area (Å²) < 4.78 is 18.5. The Bertz CT molecular complexity index is 684. The summed E-state index contributed by atoms with van der Waals surface area (Å²) in [5.41, 5.74) is 6.77. The van der Waals surface area contributed by atoms with E-state index in [0.717, 1.165) is 5.56 Å². The standard InChI is InChI=1S/C19H21FN2O2/c1-14(15-5-3-2-4-6-15)22-19(23)16-7-9-18(10-8-16)24-13-17(20)11-12-21/h2-11,14H,12-13,21H2,1H3,(H,22,23)/t14-/m1/s1. The Hall–Kier alpha value is -2.66. The summed E-state index contributed by atoms with van der Waals surface area (Å²) in [6.45, 7) is 1.89. The Balaban J connectivity index is 1.92. The summed E-state index contributed by atoms with van der Waals surface area (Å²) in [6, 6.07) is 16.2. The topological polar surface area (TPSA) is 64.3 Å². The van der Waals surface area contributed by atoms with Crippen molar-refractivity contribution in [3.05, 3.63) is 77.6 Å². The van der Waals surface area contributed by atoms with E-state index in [0.29, 0.717) is 11.3 Å². The first-order valence-corrected chi connectivity index (χ1v) is 7.73. The molecule has 1 amide bonds. The van der Waals surface area contributed by atoms with Gasteiger partial charge in [-0.15, -0.1) is 0 Å². The van der Waals surface area contributed by atoms with E-state index in [1.54, 1.807) is 24.3 Å². The first-order valence-electron chi connectivity index (χ1n) is 7.73. The maximum atomic E-state index is 13.2. The number of carbonyl (C=O) groups is 1. The molecule has 1 atom stereocenters. The fourth-order valence-electron chi connectivity index (χ4n) is 2.15. The summed E-state index contributed by atoms with van der Waals surface area (Å²) in [7, 11) is 0. The van der Waals surface area contributed by atoms with Gasteiger partial charge in [-0.3, -0.25) is 4.79 Å². The highest BCUT2D eigenvalue weighted by molar-refractivity contribution is 5.94. The molecule has 2 aromatic rings. The van der Waals surface area contributed by atoms with Crippen molar-refractivity contribution in [2.24, 2.45) is 5.73 Å². The number of hydrogen-bond acceptors (Lipinski definition) is 3. The monoisotopic (exact) mass is 328 g/mol. The molecule has 3 N–H and O–H groups in total. The molecular formula is C19H21FN2O2. The SMILES string of the molecule is C[C@@H](NC(=O)c1ccc(OCC(F)=CCN)cc1)c1ccccc1. The van der Waals surface area contributed by atoms with Gasteiger partial charge in [0.2, 0.25) is 0 Å². The lowest BCUT2D eigenvalue weighted by molar-refractivity contribution is 0.0940. The molecule has 5 heteroatoms. The molecule has 0 fully saturated rings. The lowest BCUT2D eigenvalue weighted by atomic mass is 10.1. The van der Waals surface area contributed by atoms with Crippen molar-refractivity contribution >= 4 is 5.91 Å². The molecule has 0 saturated carbocycles. The molecule has 0 heterocycles. The molecule has 0 aliphatic heterocycles. The van der Waals surface area contributed by atoms with Gasteiger partial charge in [0.25, 0.3) is 5.91 Å². The van der Waals surface area contributed by atoms with Crippen LogP contribution in [0.15, 0.2) is 66.5 Å². The third-order valence-electron chi connectivity index (χ3n) is 3.48. The van der Waals surface area contributed by atoms with Crippen LogP contribution >= 0.6 is 0 Å². The van der Waals surface area contributed by atoms with Gasteiger partial charge in [-0.25, -0.2) is 4.39 Å².